The van der Waals surface area contributed by atoms with Crippen molar-refractivity contribution in [3.63, 3.8) is 0 Å². The van der Waals surface area contributed by atoms with Gasteiger partial charge in [-0.3, -0.25) is 14.4 Å². The van der Waals surface area contributed by atoms with Gasteiger partial charge < -0.3 is 24.6 Å². The number of carboxylic acid groups (broad SMARTS) is 1. The molecule has 9 heteroatoms. The fourth-order valence-corrected chi connectivity index (χ4v) is 1.94. The molecule has 0 saturated heterocycles. The Balaban J connectivity index is 2.87. The molecule has 0 aliphatic carbocycles. The van der Waals surface area contributed by atoms with Crippen molar-refractivity contribution in [3.8, 4) is 0 Å². The van der Waals surface area contributed by atoms with Crippen LogP contribution in [0.5, 0.6) is 0 Å². The highest BCUT2D eigenvalue weighted by atomic mass is 16.5. The normalized spacial score (nSPS) is 10.0. The maximum atomic E-state index is 11.8. The highest BCUT2D eigenvalue weighted by molar-refractivity contribution is 5.92. The third kappa shape index (κ3) is 7.93. The van der Waals surface area contributed by atoms with E-state index in [9.17, 15) is 19.2 Å². The summed E-state index contributed by atoms with van der Waals surface area (Å²) in [4.78, 5) is 45.0. The first kappa shape index (κ1) is 20.1. The number of nitrogens with one attached hydrogen (secondary N) is 1. The molecule has 136 valence electrons. The summed E-state index contributed by atoms with van der Waals surface area (Å²) in [7, 11) is 2.51. The molecule has 0 radical (unpaired) electrons. The Kier molecular flexibility index (Phi) is 8.07. The molecule has 1 aromatic rings. The lowest BCUT2D eigenvalue weighted by Crippen LogP contribution is -2.21. The van der Waals surface area contributed by atoms with Crippen molar-refractivity contribution in [1.29, 1.82) is 0 Å². The van der Waals surface area contributed by atoms with Crippen LogP contribution >= 0.6 is 0 Å². The lowest BCUT2D eigenvalue weighted by atomic mass is 10.0. The van der Waals surface area contributed by atoms with Gasteiger partial charge in [-0.25, -0.2) is 4.79 Å². The maximum absolute atomic E-state index is 11.8. The summed E-state index contributed by atoms with van der Waals surface area (Å²) < 4.78 is 13.9. The molecular formula is C16H19NO8. The summed E-state index contributed by atoms with van der Waals surface area (Å²) in [6.45, 7) is -1.04. The van der Waals surface area contributed by atoms with Crippen LogP contribution in [0, 0.1) is 0 Å². The Morgan fingerprint density at radius 3 is 1.88 bits per heavy atom. The fraction of sp³-hybridized carbons (Fsp3) is 0.375. The summed E-state index contributed by atoms with van der Waals surface area (Å²) >= 11 is 0. The second-order valence-electron chi connectivity index (χ2n) is 4.98. The van der Waals surface area contributed by atoms with E-state index in [4.69, 9.17) is 9.84 Å². The molecule has 1 amide bonds. The van der Waals surface area contributed by atoms with Crippen molar-refractivity contribution in [3.05, 3.63) is 29.3 Å². The van der Waals surface area contributed by atoms with Gasteiger partial charge in [-0.2, -0.15) is 0 Å². The molecule has 0 unspecified atom stereocenters. The van der Waals surface area contributed by atoms with Crippen molar-refractivity contribution in [2.75, 3.05) is 32.8 Å². The molecule has 1 aromatic carbocycles. The van der Waals surface area contributed by atoms with E-state index < -0.39 is 37.0 Å². The van der Waals surface area contributed by atoms with Gasteiger partial charge in [0.15, 0.2) is 0 Å². The predicted octanol–water partition coefficient (Wildman–Crippen LogP) is 0.157. The number of esters is 2. The third-order valence-electron chi connectivity index (χ3n) is 2.95. The average molecular weight is 353 g/mol. The molecule has 0 heterocycles. The van der Waals surface area contributed by atoms with Crippen molar-refractivity contribution in [2.24, 2.45) is 0 Å². The molecule has 0 saturated carbocycles. The summed E-state index contributed by atoms with van der Waals surface area (Å²) in [5, 5.41) is 11.0. The molecule has 0 fully saturated rings. The zero-order valence-electron chi connectivity index (χ0n) is 13.9. The Bertz CT molecular complexity index is 619. The van der Waals surface area contributed by atoms with Gasteiger partial charge in [0, 0.05) is 5.69 Å². The highest BCUT2D eigenvalue weighted by Gasteiger charge is 2.11. The molecule has 0 bridgehead atoms. The largest absolute Gasteiger partial charge is 0.480 e. The van der Waals surface area contributed by atoms with E-state index in [2.05, 4.69) is 14.8 Å². The van der Waals surface area contributed by atoms with Crippen LogP contribution < -0.4 is 5.32 Å². The van der Waals surface area contributed by atoms with Gasteiger partial charge in [-0.05, 0) is 23.3 Å². The molecule has 0 atom stereocenters. The number of carboxylic acids is 1. The van der Waals surface area contributed by atoms with Crippen LogP contribution in [0.1, 0.15) is 11.1 Å². The molecule has 25 heavy (non-hydrogen) atoms. The SMILES string of the molecule is COC(=O)Cc1cc(CC(=O)OC)cc(NC(=O)COCC(=O)O)c1. The number of methoxy groups -OCH3 is 2. The zero-order chi connectivity index (χ0) is 18.8. The fourth-order valence-electron chi connectivity index (χ4n) is 1.94. The molecule has 1 rings (SSSR count). The van der Waals surface area contributed by atoms with E-state index in [1.807, 2.05) is 0 Å². The number of carbonyl (C=O) groups is 4. The van der Waals surface area contributed by atoms with Gasteiger partial charge in [0.05, 0.1) is 27.1 Å². The lowest BCUT2D eigenvalue weighted by Gasteiger charge is -2.10. The monoisotopic (exact) mass is 353 g/mol. The maximum Gasteiger partial charge on any atom is 0.329 e. The van der Waals surface area contributed by atoms with E-state index in [1.165, 1.54) is 14.2 Å². The average Bonchev–Trinajstić information content (AvgIpc) is 2.53. The number of ether oxygens (including phenoxy) is 3. The van der Waals surface area contributed by atoms with Gasteiger partial charge in [0.2, 0.25) is 5.91 Å². The van der Waals surface area contributed by atoms with Crippen molar-refractivity contribution in [2.45, 2.75) is 12.8 Å². The summed E-state index contributed by atoms with van der Waals surface area (Å²) in [6, 6.07) is 4.73. The number of aliphatic carboxylic acids is 1. The van der Waals surface area contributed by atoms with Crippen LogP contribution in [0.4, 0.5) is 5.69 Å². The minimum Gasteiger partial charge on any atom is -0.480 e. The third-order valence-corrected chi connectivity index (χ3v) is 2.95. The van der Waals surface area contributed by atoms with E-state index in [0.717, 1.165) is 0 Å². The van der Waals surface area contributed by atoms with Crippen LogP contribution in [0.25, 0.3) is 0 Å². The van der Waals surface area contributed by atoms with Gasteiger partial charge in [-0.1, -0.05) is 6.07 Å². The number of amides is 1. The summed E-state index contributed by atoms with van der Waals surface area (Å²) in [5.41, 5.74) is 1.41. The Morgan fingerprint density at radius 1 is 0.920 bits per heavy atom. The Labute approximate surface area is 143 Å². The first-order valence-corrected chi connectivity index (χ1v) is 7.20. The Hall–Kier alpha value is -2.94. The second-order valence-corrected chi connectivity index (χ2v) is 4.98. The predicted molar refractivity (Wildman–Crippen MR) is 85.0 cm³/mol. The summed E-state index contributed by atoms with van der Waals surface area (Å²) in [6.07, 6.45) is -0.0756. The Morgan fingerprint density at radius 2 is 1.44 bits per heavy atom. The van der Waals surface area contributed by atoms with Crippen LogP contribution in [-0.2, 0) is 46.2 Å². The van der Waals surface area contributed by atoms with Gasteiger partial charge in [0.25, 0.3) is 0 Å². The zero-order valence-corrected chi connectivity index (χ0v) is 13.9. The van der Waals surface area contributed by atoms with Crippen LogP contribution in [-0.4, -0.2) is 56.4 Å². The van der Waals surface area contributed by atoms with E-state index >= 15 is 0 Å². The summed E-state index contributed by atoms with van der Waals surface area (Å²) in [5.74, 6) is -2.71. The van der Waals surface area contributed by atoms with Gasteiger partial charge in [0.1, 0.15) is 13.2 Å². The van der Waals surface area contributed by atoms with E-state index in [-0.39, 0.29) is 12.8 Å². The van der Waals surface area contributed by atoms with Crippen molar-refractivity contribution >= 4 is 29.5 Å². The van der Waals surface area contributed by atoms with Crippen molar-refractivity contribution in [1.82, 2.24) is 0 Å². The van der Waals surface area contributed by atoms with E-state index in [1.54, 1.807) is 18.2 Å². The standard InChI is InChI=1S/C16H19NO8/c1-23-15(21)6-10-3-11(7-16(22)24-2)5-12(4-10)17-13(18)8-25-9-14(19)20/h3-5H,6-9H2,1-2H3,(H,17,18)(H,19,20). The molecule has 9 nitrogen and oxygen atoms in total. The van der Waals surface area contributed by atoms with Gasteiger partial charge >= 0.3 is 17.9 Å². The minimum atomic E-state index is -1.19. The van der Waals surface area contributed by atoms with Crippen LogP contribution in [0.2, 0.25) is 0 Å². The van der Waals surface area contributed by atoms with Crippen molar-refractivity contribution < 1.29 is 38.5 Å². The molecule has 0 aliphatic rings. The number of benzene rings is 1. The van der Waals surface area contributed by atoms with Crippen LogP contribution in [0.3, 0.4) is 0 Å². The molecule has 2 N–H and O–H groups in total. The molecule has 0 spiro atoms. The molecular weight excluding hydrogens is 334 g/mol. The minimum absolute atomic E-state index is 0.0378. The topological polar surface area (TPSA) is 128 Å². The number of anilines is 1. The number of rotatable bonds is 9. The smallest absolute Gasteiger partial charge is 0.329 e. The van der Waals surface area contributed by atoms with E-state index in [0.29, 0.717) is 16.8 Å². The second kappa shape index (κ2) is 10.0. The number of hydrogen-bond acceptors (Lipinski definition) is 7. The number of hydrogen-bond donors (Lipinski definition) is 2. The van der Waals surface area contributed by atoms with Gasteiger partial charge in [-0.15, -0.1) is 0 Å². The first-order chi connectivity index (χ1) is 11.8. The van der Waals surface area contributed by atoms with Crippen LogP contribution in [0.15, 0.2) is 18.2 Å². The molecule has 0 aliphatic heterocycles. The number of carbonyl (C=O) groups excluding carboxylic acids is 3. The highest BCUT2D eigenvalue weighted by Crippen LogP contribution is 2.17. The quantitative estimate of drug-likeness (QED) is 0.601. The lowest BCUT2D eigenvalue weighted by molar-refractivity contribution is -0.143. The molecule has 0 aromatic heterocycles. The first-order valence-electron chi connectivity index (χ1n) is 7.20.